The van der Waals surface area contributed by atoms with Gasteiger partial charge in [-0.15, -0.1) is 11.3 Å². The molecule has 0 spiro atoms. The molecule has 3 aromatic heterocycles. The van der Waals surface area contributed by atoms with Gasteiger partial charge in [0, 0.05) is 29.9 Å². The van der Waals surface area contributed by atoms with Crippen LogP contribution in [0, 0.1) is 27.7 Å². The van der Waals surface area contributed by atoms with E-state index < -0.39 is 0 Å². The van der Waals surface area contributed by atoms with E-state index in [4.69, 9.17) is 0 Å². The summed E-state index contributed by atoms with van der Waals surface area (Å²) in [5, 5.41) is 11.0. The molecule has 6 nitrogen and oxygen atoms in total. The number of amides is 1. The average Bonchev–Trinajstić information content (AvgIpc) is 3.02. The molecule has 126 valence electrons. The number of thiazole rings is 1. The van der Waals surface area contributed by atoms with Crippen molar-refractivity contribution in [2.24, 2.45) is 7.05 Å². The molecule has 24 heavy (non-hydrogen) atoms. The monoisotopic (exact) mass is 343 g/mol. The Labute approximate surface area is 144 Å². The van der Waals surface area contributed by atoms with Crippen LogP contribution in [-0.2, 0) is 18.3 Å². The van der Waals surface area contributed by atoms with E-state index in [1.165, 1.54) is 16.9 Å². The Balaban J connectivity index is 1.80. The summed E-state index contributed by atoms with van der Waals surface area (Å²) in [6.45, 7) is 7.99. The largest absolute Gasteiger partial charge is 0.302 e. The molecule has 3 rings (SSSR count). The second-order valence-electron chi connectivity index (χ2n) is 6.05. The third kappa shape index (κ3) is 3.03. The predicted octanol–water partition coefficient (Wildman–Crippen LogP) is 3.23. The van der Waals surface area contributed by atoms with Crippen molar-refractivity contribution in [3.8, 4) is 0 Å². The number of anilines is 1. The zero-order chi connectivity index (χ0) is 17.4. The Morgan fingerprint density at radius 1 is 1.21 bits per heavy atom. The van der Waals surface area contributed by atoms with Gasteiger partial charge in [-0.2, -0.15) is 5.10 Å². The number of aromatic nitrogens is 4. The molecule has 0 aliphatic carbocycles. The first-order valence-electron chi connectivity index (χ1n) is 7.88. The fourth-order valence-corrected chi connectivity index (χ4v) is 3.77. The zero-order valence-corrected chi connectivity index (χ0v) is 15.4. The smallest absolute Gasteiger partial charge is 0.226 e. The van der Waals surface area contributed by atoms with Crippen molar-refractivity contribution in [1.82, 2.24) is 19.7 Å². The minimum atomic E-state index is -0.0221. The van der Waals surface area contributed by atoms with Gasteiger partial charge < -0.3 is 5.32 Å². The fourth-order valence-electron chi connectivity index (χ4n) is 3.06. The highest BCUT2D eigenvalue weighted by Crippen LogP contribution is 2.26. The van der Waals surface area contributed by atoms with Crippen molar-refractivity contribution < 1.29 is 4.79 Å². The van der Waals surface area contributed by atoms with E-state index in [2.05, 4.69) is 27.3 Å². The fraction of sp³-hybridized carbons (Fsp3) is 0.412. The van der Waals surface area contributed by atoms with Crippen LogP contribution in [-0.4, -0.2) is 25.7 Å². The number of carbonyl (C=O) groups is 1. The second kappa shape index (κ2) is 6.32. The summed E-state index contributed by atoms with van der Waals surface area (Å²) in [6, 6.07) is 0. The molecule has 0 saturated carbocycles. The summed E-state index contributed by atoms with van der Waals surface area (Å²) >= 11 is 1.45. The van der Waals surface area contributed by atoms with Gasteiger partial charge in [-0.25, -0.2) is 9.97 Å². The summed E-state index contributed by atoms with van der Waals surface area (Å²) in [5.74, 6) is -0.0221. The molecule has 0 fully saturated rings. The van der Waals surface area contributed by atoms with Gasteiger partial charge in [0.2, 0.25) is 5.91 Å². The van der Waals surface area contributed by atoms with Crippen LogP contribution in [0.5, 0.6) is 0 Å². The van der Waals surface area contributed by atoms with Gasteiger partial charge in [0.1, 0.15) is 0 Å². The number of hydrogen-bond acceptors (Lipinski definition) is 5. The maximum atomic E-state index is 12.2. The van der Waals surface area contributed by atoms with Crippen LogP contribution < -0.4 is 5.32 Å². The summed E-state index contributed by atoms with van der Waals surface area (Å²) < 4.78 is 1.81. The van der Waals surface area contributed by atoms with Crippen molar-refractivity contribution in [2.45, 2.75) is 40.5 Å². The molecule has 0 saturated heterocycles. The average molecular weight is 343 g/mol. The molecule has 0 aromatic carbocycles. The molecule has 1 amide bonds. The number of nitrogens with one attached hydrogen (secondary N) is 1. The molecule has 0 aliphatic heterocycles. The van der Waals surface area contributed by atoms with Gasteiger partial charge in [0.05, 0.1) is 11.4 Å². The maximum Gasteiger partial charge on any atom is 0.226 e. The molecular weight excluding hydrogens is 322 g/mol. The van der Waals surface area contributed by atoms with Crippen LogP contribution in [0.4, 0.5) is 5.13 Å². The molecule has 0 bridgehead atoms. The highest BCUT2D eigenvalue weighted by molar-refractivity contribution is 7.13. The van der Waals surface area contributed by atoms with Gasteiger partial charge in [-0.05, 0) is 45.2 Å². The topological polar surface area (TPSA) is 72.7 Å². The van der Waals surface area contributed by atoms with E-state index in [0.29, 0.717) is 18.0 Å². The van der Waals surface area contributed by atoms with Gasteiger partial charge in [0.25, 0.3) is 0 Å². The third-order valence-electron chi connectivity index (χ3n) is 4.20. The summed E-state index contributed by atoms with van der Waals surface area (Å²) in [6.07, 6.45) is 1.07. The number of pyridine rings is 1. The van der Waals surface area contributed by atoms with E-state index in [1.807, 2.05) is 37.9 Å². The summed E-state index contributed by atoms with van der Waals surface area (Å²) in [4.78, 5) is 21.1. The maximum absolute atomic E-state index is 12.2. The molecule has 0 radical (unpaired) electrons. The van der Waals surface area contributed by atoms with Crippen LogP contribution >= 0.6 is 11.3 Å². The van der Waals surface area contributed by atoms with Gasteiger partial charge >= 0.3 is 0 Å². The minimum absolute atomic E-state index is 0.0221. The second-order valence-corrected chi connectivity index (χ2v) is 6.91. The quantitative estimate of drug-likeness (QED) is 0.789. The Kier molecular flexibility index (Phi) is 4.36. The molecule has 3 heterocycles. The normalized spacial score (nSPS) is 11.2. The van der Waals surface area contributed by atoms with Crippen LogP contribution in [0.3, 0.4) is 0 Å². The lowest BCUT2D eigenvalue weighted by molar-refractivity contribution is -0.116. The molecule has 3 aromatic rings. The van der Waals surface area contributed by atoms with Crippen molar-refractivity contribution in [3.63, 3.8) is 0 Å². The molecule has 1 N–H and O–H groups in total. The standard InChI is InChI=1S/C17H21N5OS/c1-9-8-24-17(18-9)20-14(23)7-6-13-10(2)15-12(4)21-22(5)16(15)19-11(13)3/h8H,6-7H2,1-5H3,(H,18,20,23). The minimum Gasteiger partial charge on any atom is -0.302 e. The Bertz CT molecular complexity index is 925. The van der Waals surface area contributed by atoms with E-state index in [-0.39, 0.29) is 5.91 Å². The van der Waals surface area contributed by atoms with Gasteiger partial charge in [-0.3, -0.25) is 9.48 Å². The molecular formula is C17H21N5OS. The van der Waals surface area contributed by atoms with Gasteiger partial charge in [0.15, 0.2) is 10.8 Å². The van der Waals surface area contributed by atoms with Gasteiger partial charge in [-0.1, -0.05) is 0 Å². The Morgan fingerprint density at radius 3 is 2.62 bits per heavy atom. The molecule has 0 unspecified atom stereocenters. The lowest BCUT2D eigenvalue weighted by Gasteiger charge is -2.11. The van der Waals surface area contributed by atoms with Crippen LogP contribution in [0.2, 0.25) is 0 Å². The van der Waals surface area contributed by atoms with E-state index in [0.717, 1.165) is 33.7 Å². The van der Waals surface area contributed by atoms with Crippen molar-refractivity contribution in [3.05, 3.63) is 33.6 Å². The SMILES string of the molecule is Cc1csc(NC(=O)CCc2c(C)nc3c(c(C)nn3C)c2C)n1. The van der Waals surface area contributed by atoms with Crippen molar-refractivity contribution >= 4 is 33.4 Å². The third-order valence-corrected chi connectivity index (χ3v) is 5.07. The number of hydrogen-bond donors (Lipinski definition) is 1. The van der Waals surface area contributed by atoms with Crippen molar-refractivity contribution in [2.75, 3.05) is 5.32 Å². The number of carbonyl (C=O) groups excluding carboxylic acids is 1. The Morgan fingerprint density at radius 2 is 1.96 bits per heavy atom. The summed E-state index contributed by atoms with van der Waals surface area (Å²) in [7, 11) is 1.91. The molecule has 0 atom stereocenters. The van der Waals surface area contributed by atoms with E-state index >= 15 is 0 Å². The molecule has 0 aliphatic rings. The lowest BCUT2D eigenvalue weighted by atomic mass is 9.99. The lowest BCUT2D eigenvalue weighted by Crippen LogP contribution is -2.13. The van der Waals surface area contributed by atoms with E-state index in [9.17, 15) is 4.79 Å². The summed E-state index contributed by atoms with van der Waals surface area (Å²) in [5.41, 5.74) is 6.05. The Hall–Kier alpha value is -2.28. The van der Waals surface area contributed by atoms with Crippen LogP contribution in [0.1, 0.15) is 34.6 Å². The first-order chi connectivity index (χ1) is 11.4. The molecule has 7 heteroatoms. The zero-order valence-electron chi connectivity index (χ0n) is 14.6. The first-order valence-corrected chi connectivity index (χ1v) is 8.76. The number of rotatable bonds is 4. The van der Waals surface area contributed by atoms with Crippen LogP contribution in [0.25, 0.3) is 11.0 Å². The number of nitrogens with zero attached hydrogens (tertiary/aromatic N) is 4. The highest BCUT2D eigenvalue weighted by atomic mass is 32.1. The van der Waals surface area contributed by atoms with Crippen LogP contribution in [0.15, 0.2) is 5.38 Å². The highest BCUT2D eigenvalue weighted by Gasteiger charge is 2.16. The first kappa shape index (κ1) is 16.6. The van der Waals surface area contributed by atoms with E-state index in [1.54, 1.807) is 0 Å². The predicted molar refractivity (Wildman–Crippen MR) is 96.5 cm³/mol. The number of aryl methyl sites for hydroxylation is 5. The van der Waals surface area contributed by atoms with Crippen molar-refractivity contribution in [1.29, 1.82) is 0 Å². The number of fused-ring (bicyclic) bond motifs is 1.